The molecule has 0 aromatic heterocycles. The zero-order chi connectivity index (χ0) is 3.58. The second-order valence-corrected chi connectivity index (χ2v) is 0.247. The van der Waals surface area contributed by atoms with Gasteiger partial charge in [-0.3, -0.25) is 0 Å². The van der Waals surface area contributed by atoms with Gasteiger partial charge < -0.3 is 0 Å². The Morgan fingerprint density at radius 1 is 1.00 bits per heavy atom. The van der Waals surface area contributed by atoms with Gasteiger partial charge >= 0.3 is 6.68 Å². The second kappa shape index (κ2) is 9.82. The molecule has 0 bridgehead atoms. The van der Waals surface area contributed by atoms with E-state index in [1.165, 1.54) is 0 Å². The largest absolute Gasteiger partial charge is 0.379 e. The van der Waals surface area contributed by atoms with Crippen molar-refractivity contribution in [2.75, 3.05) is 0 Å². The molecule has 0 aromatic rings. The fraction of sp³-hybridized carbons (Fsp3) is 1.00. The van der Waals surface area contributed by atoms with Crippen LogP contribution >= 0.6 is 13.5 Å². The summed E-state index contributed by atoms with van der Waals surface area (Å²) in [6.45, 7) is -3.67. The predicted octanol–water partition coefficient (Wildman–Crippen LogP) is 1.29. The summed E-state index contributed by atoms with van der Waals surface area (Å²) in [6.07, 6.45) is 0. The van der Waals surface area contributed by atoms with Crippen LogP contribution in [0.4, 0.5) is 13.2 Å². The molecule has 0 amide bonds. The SMILES string of the molecule is FC(F)F.S.[Yb]. The van der Waals surface area contributed by atoms with E-state index in [1.807, 2.05) is 0 Å². The molecular weight excluding hydrogens is 274 g/mol. The van der Waals surface area contributed by atoms with Gasteiger partial charge in [0.25, 0.3) is 0 Å². The van der Waals surface area contributed by atoms with E-state index in [0.29, 0.717) is 0 Å². The van der Waals surface area contributed by atoms with Crippen LogP contribution in [0, 0.1) is 46.9 Å². The van der Waals surface area contributed by atoms with Gasteiger partial charge in [-0.1, -0.05) is 0 Å². The van der Waals surface area contributed by atoms with E-state index in [9.17, 15) is 13.2 Å². The Kier molecular flexibility index (Phi) is 25.6. The van der Waals surface area contributed by atoms with Crippen LogP contribution in [-0.4, -0.2) is 6.68 Å². The summed E-state index contributed by atoms with van der Waals surface area (Å²) >= 11 is 0. The van der Waals surface area contributed by atoms with Crippen LogP contribution in [0.1, 0.15) is 0 Å². The van der Waals surface area contributed by atoms with Gasteiger partial charge in [-0.05, 0) is 0 Å². The summed E-state index contributed by atoms with van der Waals surface area (Å²) in [5.74, 6) is 0. The maximum absolute atomic E-state index is 9.67. The summed E-state index contributed by atoms with van der Waals surface area (Å²) < 4.78 is 29.0. The topological polar surface area (TPSA) is 0 Å². The summed E-state index contributed by atoms with van der Waals surface area (Å²) in [5.41, 5.74) is 0. The zero-order valence-electron chi connectivity index (χ0n) is 2.48. The Bertz CT molecular complexity index is 15.5. The minimum atomic E-state index is -3.67. The first-order valence-corrected chi connectivity index (χ1v) is 0.655. The molecule has 48 valence electrons. The third-order valence-corrected chi connectivity index (χ3v) is 0. The van der Waals surface area contributed by atoms with Gasteiger partial charge in [-0.2, -0.15) is 26.7 Å². The first-order chi connectivity index (χ1) is 1.73. The Balaban J connectivity index is -0.0000000450. The van der Waals surface area contributed by atoms with E-state index in [0.717, 1.165) is 0 Å². The molecule has 0 aliphatic heterocycles. The van der Waals surface area contributed by atoms with Crippen molar-refractivity contribution in [3.63, 3.8) is 0 Å². The zero-order valence-corrected chi connectivity index (χ0v) is 5.19. The molecule has 5 heteroatoms. The molecule has 0 radical (unpaired) electrons. The van der Waals surface area contributed by atoms with Gasteiger partial charge in [-0.25, -0.2) is 0 Å². The molecule has 0 spiro atoms. The van der Waals surface area contributed by atoms with Crippen LogP contribution in [0.15, 0.2) is 0 Å². The van der Waals surface area contributed by atoms with Gasteiger partial charge in [0.15, 0.2) is 0 Å². The summed E-state index contributed by atoms with van der Waals surface area (Å²) in [4.78, 5) is 0. The maximum atomic E-state index is 9.67. The van der Waals surface area contributed by atoms with E-state index < -0.39 is 6.68 Å². The maximum Gasteiger partial charge on any atom is 0.379 e. The molecule has 0 saturated carbocycles. The van der Waals surface area contributed by atoms with Crippen molar-refractivity contribution in [1.29, 1.82) is 0 Å². The predicted molar refractivity (Wildman–Crippen MR) is 17.5 cm³/mol. The Labute approximate surface area is 79.2 Å². The Hall–Kier alpha value is 1.66. The number of halogens is 3. The average molecular weight is 277 g/mol. The normalized spacial score (nSPS) is 6.00. The minimum absolute atomic E-state index is 0. The van der Waals surface area contributed by atoms with Crippen molar-refractivity contribution in [3.05, 3.63) is 0 Å². The Morgan fingerprint density at radius 2 is 1.00 bits per heavy atom. The number of hydrogen-bond acceptors (Lipinski definition) is 0. The van der Waals surface area contributed by atoms with Gasteiger partial charge in [-0.15, -0.1) is 0 Å². The van der Waals surface area contributed by atoms with Crippen LogP contribution in [-0.2, 0) is 0 Å². The van der Waals surface area contributed by atoms with Crippen molar-refractivity contribution < 1.29 is 60.1 Å². The molecule has 0 saturated heterocycles. The third kappa shape index (κ3) is 44.6. The molecule has 0 unspecified atom stereocenters. The van der Waals surface area contributed by atoms with Crippen LogP contribution in [0.2, 0.25) is 0 Å². The van der Waals surface area contributed by atoms with E-state index in [2.05, 4.69) is 0 Å². The van der Waals surface area contributed by atoms with Gasteiger partial charge in [0.05, 0.1) is 0 Å². The standard InChI is InChI=1S/CHF3.H2S.Yb/c2-1(3)4;;/h1H;1H2;. The minimum Gasteiger partial charge on any atom is -0.197 e. The average Bonchev–Trinajstić information content (AvgIpc) is 0.811. The molecule has 0 rings (SSSR count). The number of alkyl halides is 3. The van der Waals surface area contributed by atoms with Crippen molar-refractivity contribution in [2.24, 2.45) is 0 Å². The molecule has 0 aliphatic carbocycles. The van der Waals surface area contributed by atoms with Crippen LogP contribution in [0.25, 0.3) is 0 Å². The first-order valence-electron chi connectivity index (χ1n) is 0.655. The van der Waals surface area contributed by atoms with Crippen LogP contribution < -0.4 is 0 Å². The monoisotopic (exact) mass is 278 g/mol. The Morgan fingerprint density at radius 3 is 1.00 bits per heavy atom. The first kappa shape index (κ1) is 15.6. The van der Waals surface area contributed by atoms with Crippen molar-refractivity contribution in [2.45, 2.75) is 6.68 Å². The van der Waals surface area contributed by atoms with Gasteiger partial charge in [0.2, 0.25) is 0 Å². The van der Waals surface area contributed by atoms with Gasteiger partial charge in [0.1, 0.15) is 0 Å². The number of rotatable bonds is 0. The molecule has 0 nitrogen and oxygen atoms in total. The summed E-state index contributed by atoms with van der Waals surface area (Å²) in [6, 6.07) is 0. The molecule has 0 atom stereocenters. The molecule has 0 N–H and O–H groups in total. The van der Waals surface area contributed by atoms with Crippen LogP contribution in [0.5, 0.6) is 0 Å². The molecule has 6 heavy (non-hydrogen) atoms. The van der Waals surface area contributed by atoms with Crippen molar-refractivity contribution in [1.82, 2.24) is 0 Å². The smallest absolute Gasteiger partial charge is 0.197 e. The fourth-order valence-electron chi connectivity index (χ4n) is 0. The molecule has 0 fully saturated rings. The van der Waals surface area contributed by atoms with Crippen molar-refractivity contribution in [3.8, 4) is 0 Å². The molecule has 0 aromatic carbocycles. The van der Waals surface area contributed by atoms with E-state index in [4.69, 9.17) is 0 Å². The third-order valence-electron chi connectivity index (χ3n) is 0. The second-order valence-electron chi connectivity index (χ2n) is 0.247. The molecule has 0 aliphatic rings. The summed E-state index contributed by atoms with van der Waals surface area (Å²) in [5, 5.41) is 0. The number of hydrogen-bond donors (Lipinski definition) is 0. The van der Waals surface area contributed by atoms with Crippen LogP contribution in [0.3, 0.4) is 0 Å². The van der Waals surface area contributed by atoms with Crippen molar-refractivity contribution >= 4 is 13.5 Å². The van der Waals surface area contributed by atoms with Gasteiger partial charge in [0, 0.05) is 46.9 Å². The quantitative estimate of drug-likeness (QED) is 0.626. The molecular formula is CH3F3SYb. The van der Waals surface area contributed by atoms with E-state index >= 15 is 0 Å². The summed E-state index contributed by atoms with van der Waals surface area (Å²) in [7, 11) is 0. The van der Waals surface area contributed by atoms with E-state index in [1.54, 1.807) is 0 Å². The van der Waals surface area contributed by atoms with E-state index in [-0.39, 0.29) is 60.4 Å². The molecule has 0 heterocycles. The fourth-order valence-corrected chi connectivity index (χ4v) is 0.